The van der Waals surface area contributed by atoms with Crippen LogP contribution >= 0.6 is 0 Å². The molecule has 0 spiro atoms. The van der Waals surface area contributed by atoms with Gasteiger partial charge in [-0.25, -0.2) is 15.8 Å². The van der Waals surface area contributed by atoms with Crippen LogP contribution in [0, 0.1) is 0 Å². The molecular weight excluding hydrogens is 204 g/mol. The zero-order valence-corrected chi connectivity index (χ0v) is 10.1. The minimum atomic E-state index is 0.364. The van der Waals surface area contributed by atoms with Gasteiger partial charge in [0.25, 0.3) is 0 Å². The number of nitrogen functional groups attached to an aromatic ring is 1. The molecule has 1 unspecified atom stereocenters. The maximum absolute atomic E-state index is 5.27. The second kappa shape index (κ2) is 6.24. The first-order valence-electron chi connectivity index (χ1n) is 5.31. The Bertz CT molecular complexity index is 314. The lowest BCUT2D eigenvalue weighted by Crippen LogP contribution is -2.23. The van der Waals surface area contributed by atoms with Gasteiger partial charge in [0.2, 0.25) is 0 Å². The molecule has 90 valence electrons. The van der Waals surface area contributed by atoms with Crippen molar-refractivity contribution in [3.63, 3.8) is 0 Å². The number of nitrogens with zero attached hydrogens (tertiary/aromatic N) is 3. The van der Waals surface area contributed by atoms with Crippen LogP contribution in [0.4, 0.5) is 11.6 Å². The molecular formula is C10H20N6. The van der Waals surface area contributed by atoms with E-state index in [1.165, 1.54) is 6.33 Å². The van der Waals surface area contributed by atoms with Crippen LogP contribution in [-0.2, 0) is 0 Å². The molecule has 1 aromatic heterocycles. The van der Waals surface area contributed by atoms with Crippen molar-refractivity contribution in [1.82, 2.24) is 14.9 Å². The molecule has 6 heteroatoms. The molecule has 4 N–H and O–H groups in total. The summed E-state index contributed by atoms with van der Waals surface area (Å²) in [4.78, 5) is 10.2. The number of nitrogens with two attached hydrogens (primary N) is 1. The molecule has 0 saturated heterocycles. The van der Waals surface area contributed by atoms with E-state index in [0.29, 0.717) is 11.9 Å². The van der Waals surface area contributed by atoms with E-state index in [2.05, 4.69) is 46.6 Å². The van der Waals surface area contributed by atoms with Crippen LogP contribution in [-0.4, -0.2) is 41.5 Å². The molecule has 0 aliphatic rings. The first kappa shape index (κ1) is 12.7. The highest BCUT2D eigenvalue weighted by Crippen LogP contribution is 2.09. The van der Waals surface area contributed by atoms with Crippen molar-refractivity contribution in [3.05, 3.63) is 12.4 Å². The van der Waals surface area contributed by atoms with Crippen LogP contribution in [0.3, 0.4) is 0 Å². The predicted octanol–water partition coefficient (Wildman–Crippen LogP) is 0.514. The van der Waals surface area contributed by atoms with Gasteiger partial charge in [0.15, 0.2) is 0 Å². The Morgan fingerprint density at radius 2 is 2.06 bits per heavy atom. The molecule has 0 aliphatic carbocycles. The van der Waals surface area contributed by atoms with Crippen LogP contribution < -0.4 is 16.6 Å². The van der Waals surface area contributed by atoms with Gasteiger partial charge >= 0.3 is 0 Å². The van der Waals surface area contributed by atoms with E-state index >= 15 is 0 Å². The molecule has 1 heterocycles. The van der Waals surface area contributed by atoms with Crippen LogP contribution in [0.15, 0.2) is 12.4 Å². The Balaban J connectivity index is 2.45. The van der Waals surface area contributed by atoms with E-state index in [1.807, 2.05) is 0 Å². The lowest BCUT2D eigenvalue weighted by Gasteiger charge is -2.17. The smallest absolute Gasteiger partial charge is 0.145 e. The summed E-state index contributed by atoms with van der Waals surface area (Å²) in [5.41, 5.74) is 2.49. The van der Waals surface area contributed by atoms with Crippen molar-refractivity contribution in [2.24, 2.45) is 5.84 Å². The second-order valence-corrected chi connectivity index (χ2v) is 4.07. The predicted molar refractivity (Wildman–Crippen MR) is 66.1 cm³/mol. The Morgan fingerprint density at radius 3 is 2.69 bits per heavy atom. The third-order valence-electron chi connectivity index (χ3n) is 2.22. The zero-order valence-electron chi connectivity index (χ0n) is 10.1. The quantitative estimate of drug-likeness (QED) is 0.483. The monoisotopic (exact) mass is 224 g/mol. The fourth-order valence-electron chi connectivity index (χ4n) is 1.29. The molecule has 1 atom stereocenters. The first-order valence-corrected chi connectivity index (χ1v) is 5.31. The summed E-state index contributed by atoms with van der Waals surface area (Å²) in [5, 5.41) is 3.30. The Morgan fingerprint density at radius 1 is 1.38 bits per heavy atom. The van der Waals surface area contributed by atoms with Crippen LogP contribution in [0.2, 0.25) is 0 Å². The molecule has 1 rings (SSSR count). The maximum atomic E-state index is 5.27. The third-order valence-corrected chi connectivity index (χ3v) is 2.22. The Hall–Kier alpha value is -1.40. The van der Waals surface area contributed by atoms with Crippen molar-refractivity contribution in [3.8, 4) is 0 Å². The summed E-state index contributed by atoms with van der Waals surface area (Å²) in [5.74, 6) is 6.67. The van der Waals surface area contributed by atoms with Gasteiger partial charge in [0, 0.05) is 12.1 Å². The van der Waals surface area contributed by atoms with Gasteiger partial charge in [-0.1, -0.05) is 0 Å². The fraction of sp³-hybridized carbons (Fsp3) is 0.600. The third kappa shape index (κ3) is 4.41. The van der Waals surface area contributed by atoms with Crippen LogP contribution in [0.5, 0.6) is 0 Å². The minimum absolute atomic E-state index is 0.364. The lowest BCUT2D eigenvalue weighted by molar-refractivity contribution is 0.390. The molecule has 0 amide bonds. The lowest BCUT2D eigenvalue weighted by atomic mass is 10.2. The van der Waals surface area contributed by atoms with Crippen LogP contribution in [0.1, 0.15) is 13.3 Å². The molecule has 6 nitrogen and oxygen atoms in total. The molecule has 0 bridgehead atoms. The average molecular weight is 224 g/mol. The first-order chi connectivity index (χ1) is 7.61. The highest BCUT2D eigenvalue weighted by atomic mass is 15.3. The highest BCUT2D eigenvalue weighted by Gasteiger charge is 2.04. The molecule has 0 fully saturated rings. The summed E-state index contributed by atoms with van der Waals surface area (Å²) in [6, 6.07) is 2.15. The maximum Gasteiger partial charge on any atom is 0.145 e. The summed E-state index contributed by atoms with van der Waals surface area (Å²) < 4.78 is 0. The number of nitrogens with one attached hydrogen (secondary N) is 2. The van der Waals surface area contributed by atoms with E-state index in [0.717, 1.165) is 18.8 Å². The van der Waals surface area contributed by atoms with Crippen molar-refractivity contribution >= 4 is 11.6 Å². The number of anilines is 2. The largest absolute Gasteiger partial charge is 0.367 e. The van der Waals surface area contributed by atoms with Crippen molar-refractivity contribution in [1.29, 1.82) is 0 Å². The molecule has 1 aromatic rings. The highest BCUT2D eigenvalue weighted by molar-refractivity contribution is 5.45. The standard InChI is InChI=1S/C10H20N6/c1-8(4-5-16(2)3)14-9-6-10(15-11)13-7-12-9/h6-8H,4-5,11H2,1-3H3,(H2,12,13,14,15). The number of hydrazine groups is 1. The van der Waals surface area contributed by atoms with Gasteiger partial charge in [0.1, 0.15) is 18.0 Å². The number of hydrogen-bond acceptors (Lipinski definition) is 6. The fourth-order valence-corrected chi connectivity index (χ4v) is 1.29. The van der Waals surface area contributed by atoms with E-state index in [-0.39, 0.29) is 0 Å². The average Bonchev–Trinajstić information content (AvgIpc) is 2.26. The van der Waals surface area contributed by atoms with E-state index in [4.69, 9.17) is 5.84 Å². The summed E-state index contributed by atoms with van der Waals surface area (Å²) in [6.07, 6.45) is 2.54. The van der Waals surface area contributed by atoms with E-state index < -0.39 is 0 Å². The number of hydrogen-bond donors (Lipinski definition) is 3. The van der Waals surface area contributed by atoms with Gasteiger partial charge in [-0.05, 0) is 34.0 Å². The SMILES string of the molecule is CC(CCN(C)C)Nc1cc(NN)ncn1. The van der Waals surface area contributed by atoms with Crippen LogP contribution in [0.25, 0.3) is 0 Å². The normalized spacial score (nSPS) is 12.6. The molecule has 0 aliphatic heterocycles. The van der Waals surface area contributed by atoms with Gasteiger partial charge in [-0.2, -0.15) is 0 Å². The molecule has 0 radical (unpaired) electrons. The van der Waals surface area contributed by atoms with Gasteiger partial charge < -0.3 is 15.6 Å². The molecule has 0 saturated carbocycles. The van der Waals surface area contributed by atoms with E-state index in [9.17, 15) is 0 Å². The number of rotatable bonds is 6. The topological polar surface area (TPSA) is 79.1 Å². The summed E-state index contributed by atoms with van der Waals surface area (Å²) in [6.45, 7) is 3.17. The Kier molecular flexibility index (Phi) is 4.94. The van der Waals surface area contributed by atoms with Gasteiger partial charge in [-0.15, -0.1) is 0 Å². The minimum Gasteiger partial charge on any atom is -0.367 e. The Labute approximate surface area is 96.2 Å². The van der Waals surface area contributed by atoms with Crippen molar-refractivity contribution in [2.75, 3.05) is 31.4 Å². The van der Waals surface area contributed by atoms with Gasteiger partial charge in [-0.3, -0.25) is 0 Å². The summed E-state index contributed by atoms with van der Waals surface area (Å²) in [7, 11) is 4.13. The summed E-state index contributed by atoms with van der Waals surface area (Å²) >= 11 is 0. The zero-order chi connectivity index (χ0) is 12.0. The van der Waals surface area contributed by atoms with Crippen molar-refractivity contribution in [2.45, 2.75) is 19.4 Å². The van der Waals surface area contributed by atoms with E-state index in [1.54, 1.807) is 6.07 Å². The van der Waals surface area contributed by atoms with Gasteiger partial charge in [0.05, 0.1) is 0 Å². The molecule has 0 aromatic carbocycles. The van der Waals surface area contributed by atoms with Crippen molar-refractivity contribution < 1.29 is 0 Å². The molecule has 16 heavy (non-hydrogen) atoms. The second-order valence-electron chi connectivity index (χ2n) is 4.07. The number of aromatic nitrogens is 2.